The van der Waals surface area contributed by atoms with E-state index >= 15 is 0 Å². The third kappa shape index (κ3) is 2.24. The minimum absolute atomic E-state index is 0.122. The van der Waals surface area contributed by atoms with Crippen molar-refractivity contribution in [1.82, 2.24) is 0 Å². The fraction of sp³-hybridized carbons (Fsp3) is 0.143. The molecule has 6 nitrogen and oxygen atoms in total. The van der Waals surface area contributed by atoms with Crippen LogP contribution < -0.4 is 5.72 Å². The lowest BCUT2D eigenvalue weighted by Crippen LogP contribution is -2.25. The van der Waals surface area contributed by atoms with Crippen LogP contribution in [0.3, 0.4) is 0 Å². The Morgan fingerprint density at radius 1 is 1.43 bits per heavy atom. The first-order chi connectivity index (χ1) is 8.35. The lowest BCUT2D eigenvalue weighted by Gasteiger charge is -2.15. The van der Waals surface area contributed by atoms with Gasteiger partial charge in [-0.25, -0.2) is 0 Å². The predicted octanol–water partition coefficient (Wildman–Crippen LogP) is -0.917. The molecular formula is C7H8NO5P. The molecule has 0 bridgehead atoms. The first kappa shape index (κ1) is 6.42. The average Bonchev–Trinajstić information content (AvgIpc) is 2.33. The fourth-order valence-electron chi connectivity index (χ4n) is 0.868. The maximum absolute atomic E-state index is 11.8. The summed E-state index contributed by atoms with van der Waals surface area (Å²) >= 11 is 0. The van der Waals surface area contributed by atoms with Crippen LogP contribution in [0.15, 0.2) is 23.8 Å². The highest BCUT2D eigenvalue weighted by Crippen LogP contribution is 2.42. The van der Waals surface area contributed by atoms with E-state index in [0.717, 1.165) is 18.2 Å². The molecule has 0 aliphatic heterocycles. The van der Waals surface area contributed by atoms with Crippen molar-refractivity contribution >= 4 is 19.2 Å². The van der Waals surface area contributed by atoms with E-state index in [1.165, 1.54) is 0 Å². The van der Waals surface area contributed by atoms with E-state index in [1.54, 1.807) is 0 Å². The molecule has 0 heterocycles. The topological polar surface area (TPSA) is 118 Å². The maximum atomic E-state index is 11.8. The minimum Gasteiger partial charge on any atom is -0.323 e. The number of rotatable bonds is 5. The van der Waals surface area contributed by atoms with Gasteiger partial charge in [0, 0.05) is 0 Å². The van der Waals surface area contributed by atoms with Crippen LogP contribution in [0, 0.1) is 0 Å². The first-order valence-corrected chi connectivity index (χ1v) is 5.11. The molecule has 1 aliphatic rings. The quantitative estimate of drug-likeness (QED) is 0.314. The molecule has 14 heavy (non-hydrogen) atoms. The van der Waals surface area contributed by atoms with Gasteiger partial charge >= 0.3 is 7.60 Å². The van der Waals surface area contributed by atoms with Crippen molar-refractivity contribution in [3.05, 3.63) is 23.8 Å². The molecule has 1 atom stereocenters. The molecule has 1 unspecified atom stereocenters. The van der Waals surface area contributed by atoms with Crippen molar-refractivity contribution in [3.63, 3.8) is 0 Å². The molecule has 0 radical (unpaired) electrons. The van der Waals surface area contributed by atoms with Gasteiger partial charge in [0.15, 0.2) is 0 Å². The van der Waals surface area contributed by atoms with Crippen molar-refractivity contribution in [2.24, 2.45) is 5.72 Å². The van der Waals surface area contributed by atoms with Gasteiger partial charge in [-0.2, -0.15) is 0 Å². The highest BCUT2D eigenvalue weighted by atomic mass is 31.2. The Morgan fingerprint density at radius 2 is 2.14 bits per heavy atom. The molecule has 0 aromatic carbocycles. The molecule has 0 saturated heterocycles. The third-order valence-corrected chi connectivity index (χ3v) is 2.46. The first-order valence-electron chi connectivity index (χ1n) is 5.21. The van der Waals surface area contributed by atoms with Gasteiger partial charge in [-0.15, -0.1) is 0 Å². The highest BCUT2D eigenvalue weighted by molar-refractivity contribution is 7.52. The Balaban J connectivity index is 3.20. The smallest absolute Gasteiger partial charge is 0.323 e. The summed E-state index contributed by atoms with van der Waals surface area (Å²) in [5, 5.41) is 0. The monoisotopic (exact) mass is 221 g/mol. The van der Waals surface area contributed by atoms with E-state index in [4.69, 9.17) is 5.69 Å². The Kier molecular flexibility index (Phi) is 1.65. The van der Waals surface area contributed by atoms with Crippen molar-refractivity contribution in [2.75, 3.05) is 0 Å². The van der Waals surface area contributed by atoms with Gasteiger partial charge in [0.2, 0.25) is 14.4 Å². The molecule has 7 heteroatoms. The maximum Gasteiger partial charge on any atom is 0.346 e. The number of carbonyl (C=O) groups is 2. The molecule has 0 amide bonds. The van der Waals surface area contributed by atoms with E-state index in [9.17, 15) is 14.2 Å². The second kappa shape index (κ2) is 3.59. The number of ketones is 2. The number of hydrogen-bond acceptors (Lipinski definition) is 6. The second-order valence-electron chi connectivity index (χ2n) is 2.62. The summed E-state index contributed by atoms with van der Waals surface area (Å²) in [4.78, 5) is 29.6. The van der Waals surface area contributed by atoms with Gasteiger partial charge in [0.25, 0.3) is 0 Å². The van der Waals surface area contributed by atoms with E-state index in [0.29, 0.717) is 0 Å². The molecule has 0 saturated carbocycles. The van der Waals surface area contributed by atoms with Crippen molar-refractivity contribution in [3.8, 4) is 0 Å². The van der Waals surface area contributed by atoms with Gasteiger partial charge in [-0.05, 0) is 17.7 Å². The van der Waals surface area contributed by atoms with E-state index < -0.39 is 24.9 Å². The molecule has 0 spiro atoms. The summed E-state index contributed by atoms with van der Waals surface area (Å²) in [7, 11) is -4.46. The van der Waals surface area contributed by atoms with Crippen LogP contribution in [0.2, 0.25) is 2.82 Å². The van der Waals surface area contributed by atoms with Crippen LogP contribution >= 0.6 is 7.60 Å². The van der Waals surface area contributed by atoms with Crippen LogP contribution in [0.4, 0.5) is 0 Å². The molecular weight excluding hydrogens is 209 g/mol. The largest absolute Gasteiger partial charge is 0.346 e. The lowest BCUT2D eigenvalue weighted by atomic mass is 10.1. The summed E-state index contributed by atoms with van der Waals surface area (Å²) in [6.07, 6.45) is 2.68. The van der Waals surface area contributed by atoms with Crippen LogP contribution in [-0.2, 0) is 14.2 Å². The standard InChI is InChI=1S/C7H8NO5P/c8-7(14(11,12)13)4-1-2-5(9)6(10)3-4/h1-3,7H,8H2,(H2,11,12,13)/i/hD4. The SMILES string of the molecule is [2H]OP(=O)(O[2H])C(C1=CC(=O)C(=O)C=C1)N([2H])[2H]. The zero-order valence-electron chi connectivity index (χ0n) is 10.7. The van der Waals surface area contributed by atoms with Gasteiger partial charge in [0.05, 0.1) is 0 Å². The Morgan fingerprint density at radius 3 is 2.64 bits per heavy atom. The fourth-order valence-corrected chi connectivity index (χ4v) is 1.39. The van der Waals surface area contributed by atoms with E-state index in [2.05, 4.69) is 9.79 Å². The van der Waals surface area contributed by atoms with Crippen molar-refractivity contribution in [2.45, 2.75) is 5.78 Å². The van der Waals surface area contributed by atoms with Crippen LogP contribution in [-0.4, -0.2) is 30.0 Å². The number of hydrogen-bond donors (Lipinski definition) is 3. The molecule has 1 rings (SSSR count). The average molecular weight is 221 g/mol. The van der Waals surface area contributed by atoms with Gasteiger partial charge in [0.1, 0.15) is 8.61 Å². The van der Waals surface area contributed by atoms with Gasteiger partial charge in [-0.3, -0.25) is 14.2 Å². The van der Waals surface area contributed by atoms with Crippen LogP contribution in [0.25, 0.3) is 0 Å². The molecule has 1 aliphatic carbocycles. The molecule has 4 N–H and O–H groups in total. The summed E-state index contributed by atoms with van der Waals surface area (Å²) in [5.41, 5.74) is -0.309. The van der Waals surface area contributed by atoms with E-state index in [1.807, 2.05) is 0 Å². The Hall–Kier alpha value is -1.07. The number of nitrogens with two attached hydrogens (primary N) is 1. The minimum atomic E-state index is -4.46. The third-order valence-electron chi connectivity index (χ3n) is 1.57. The molecule has 76 valence electrons. The lowest BCUT2D eigenvalue weighted by molar-refractivity contribution is -0.131. The Bertz CT molecular complexity index is 468. The number of allylic oxidation sites excluding steroid dienone is 2. The Labute approximate surface area is 85.2 Å². The zero-order chi connectivity index (χ0) is 13.9. The molecule has 0 aromatic rings. The van der Waals surface area contributed by atoms with E-state index in [-0.39, 0.29) is 11.3 Å². The van der Waals surface area contributed by atoms with Gasteiger partial charge in [-0.1, -0.05) is 6.08 Å². The van der Waals surface area contributed by atoms with Crippen molar-refractivity contribution < 1.29 is 26.8 Å². The zero-order valence-corrected chi connectivity index (χ0v) is 7.64. The van der Waals surface area contributed by atoms with Gasteiger partial charge < -0.3 is 15.5 Å². The number of carbonyl (C=O) groups excluding carboxylic acids is 2. The predicted molar refractivity (Wildman–Crippen MR) is 47.3 cm³/mol. The molecule has 0 fully saturated rings. The van der Waals surface area contributed by atoms with Crippen LogP contribution in [0.1, 0.15) is 0 Å². The summed E-state index contributed by atoms with van der Waals surface area (Å²) in [6, 6.07) is 0. The highest BCUT2D eigenvalue weighted by Gasteiger charge is 2.29. The van der Waals surface area contributed by atoms with Crippen LogP contribution in [0.5, 0.6) is 0 Å². The summed E-state index contributed by atoms with van der Waals surface area (Å²) in [5.74, 6) is -3.52. The van der Waals surface area contributed by atoms with Crippen molar-refractivity contribution in [1.29, 1.82) is 2.86 Å². The normalized spacial score (nSPS) is 23.6. The summed E-state index contributed by atoms with van der Waals surface area (Å²) in [6.45, 7) is 0. The summed E-state index contributed by atoms with van der Waals surface area (Å²) < 4.78 is 39.1. The second-order valence-corrected chi connectivity index (χ2v) is 4.19. The molecule has 0 aromatic heterocycles.